The zero-order chi connectivity index (χ0) is 17.1. The zero-order valence-corrected chi connectivity index (χ0v) is 14.3. The van der Waals surface area contributed by atoms with E-state index < -0.39 is 0 Å². The van der Waals surface area contributed by atoms with Crippen molar-refractivity contribution in [2.75, 3.05) is 5.32 Å². The lowest BCUT2D eigenvalue weighted by molar-refractivity contribution is 0.101. The van der Waals surface area contributed by atoms with Gasteiger partial charge in [0.2, 0.25) is 0 Å². The molecule has 0 saturated heterocycles. The van der Waals surface area contributed by atoms with Crippen LogP contribution in [0.4, 0.5) is 5.82 Å². The van der Waals surface area contributed by atoms with Gasteiger partial charge in [-0.2, -0.15) is 10.2 Å². The van der Waals surface area contributed by atoms with Gasteiger partial charge in [0.05, 0.1) is 17.3 Å². The van der Waals surface area contributed by atoms with Gasteiger partial charge in [-0.3, -0.25) is 14.2 Å². The molecule has 6 nitrogen and oxygen atoms in total. The number of aryl methyl sites for hydroxylation is 2. The van der Waals surface area contributed by atoms with Gasteiger partial charge in [-0.1, -0.05) is 41.9 Å². The topological polar surface area (TPSA) is 64.7 Å². The summed E-state index contributed by atoms with van der Waals surface area (Å²) in [6.45, 7) is 4.90. The van der Waals surface area contributed by atoms with Crippen molar-refractivity contribution < 1.29 is 4.79 Å². The minimum absolute atomic E-state index is 0.313. The molecule has 3 rings (SSSR count). The van der Waals surface area contributed by atoms with Crippen molar-refractivity contribution in [3.63, 3.8) is 0 Å². The molecular formula is C17H18ClN5O. The molecule has 0 fully saturated rings. The van der Waals surface area contributed by atoms with Gasteiger partial charge in [0.15, 0.2) is 5.82 Å². The summed E-state index contributed by atoms with van der Waals surface area (Å²) in [6, 6.07) is 11.8. The fraction of sp³-hybridized carbons (Fsp3) is 0.235. The molecule has 1 aromatic carbocycles. The number of anilines is 1. The van der Waals surface area contributed by atoms with Crippen LogP contribution in [0.15, 0.2) is 42.6 Å². The van der Waals surface area contributed by atoms with Crippen molar-refractivity contribution in [3.05, 3.63) is 64.6 Å². The van der Waals surface area contributed by atoms with Crippen LogP contribution < -0.4 is 5.32 Å². The summed E-state index contributed by atoms with van der Waals surface area (Å²) in [7, 11) is 0. The van der Waals surface area contributed by atoms with Crippen LogP contribution in [-0.4, -0.2) is 25.5 Å². The summed E-state index contributed by atoms with van der Waals surface area (Å²) >= 11 is 6.20. The molecule has 7 heteroatoms. The van der Waals surface area contributed by atoms with Crippen LogP contribution in [0.2, 0.25) is 5.02 Å². The maximum absolute atomic E-state index is 12.5. The molecule has 0 unspecified atom stereocenters. The Morgan fingerprint density at radius 2 is 1.96 bits per heavy atom. The van der Waals surface area contributed by atoms with E-state index in [9.17, 15) is 4.79 Å². The molecule has 3 aromatic rings. The van der Waals surface area contributed by atoms with E-state index in [1.807, 2.05) is 43.5 Å². The fourth-order valence-electron chi connectivity index (χ4n) is 2.47. The van der Waals surface area contributed by atoms with Crippen LogP contribution in [0.1, 0.15) is 28.7 Å². The van der Waals surface area contributed by atoms with Gasteiger partial charge >= 0.3 is 0 Å². The van der Waals surface area contributed by atoms with Gasteiger partial charge in [0.25, 0.3) is 5.91 Å². The molecule has 0 atom stereocenters. The molecule has 2 aromatic heterocycles. The first-order valence-corrected chi connectivity index (χ1v) is 8.08. The summed E-state index contributed by atoms with van der Waals surface area (Å²) in [5, 5.41) is 11.8. The van der Waals surface area contributed by atoms with Gasteiger partial charge in [0.1, 0.15) is 5.69 Å². The summed E-state index contributed by atoms with van der Waals surface area (Å²) in [5.41, 5.74) is 2.13. The molecule has 0 aliphatic carbocycles. The van der Waals surface area contributed by atoms with Crippen LogP contribution >= 0.6 is 11.6 Å². The average molecular weight is 344 g/mol. The predicted octanol–water partition coefficient (Wildman–Crippen LogP) is 3.36. The highest BCUT2D eigenvalue weighted by atomic mass is 35.5. The number of nitrogens with one attached hydrogen (secondary N) is 1. The van der Waals surface area contributed by atoms with E-state index in [1.165, 1.54) is 0 Å². The first kappa shape index (κ1) is 16.3. The lowest BCUT2D eigenvalue weighted by Crippen LogP contribution is -2.18. The number of hydrogen-bond donors (Lipinski definition) is 1. The van der Waals surface area contributed by atoms with E-state index in [2.05, 4.69) is 15.5 Å². The van der Waals surface area contributed by atoms with E-state index in [0.29, 0.717) is 35.3 Å². The number of aromatic nitrogens is 4. The third kappa shape index (κ3) is 3.33. The van der Waals surface area contributed by atoms with E-state index in [-0.39, 0.29) is 5.91 Å². The molecule has 0 radical (unpaired) electrons. The second kappa shape index (κ2) is 6.88. The summed E-state index contributed by atoms with van der Waals surface area (Å²) < 4.78 is 3.36. The Morgan fingerprint density at radius 1 is 1.21 bits per heavy atom. The number of hydrogen-bond acceptors (Lipinski definition) is 3. The Labute approximate surface area is 145 Å². The highest BCUT2D eigenvalue weighted by Gasteiger charge is 2.20. The Balaban J connectivity index is 1.74. The van der Waals surface area contributed by atoms with Gasteiger partial charge in [-0.25, -0.2) is 0 Å². The first-order chi connectivity index (χ1) is 11.6. The Hall–Kier alpha value is -2.60. The van der Waals surface area contributed by atoms with Crippen molar-refractivity contribution in [2.45, 2.75) is 26.9 Å². The Morgan fingerprint density at radius 3 is 2.67 bits per heavy atom. The molecule has 0 aliphatic heterocycles. The van der Waals surface area contributed by atoms with Crippen molar-refractivity contribution >= 4 is 23.3 Å². The van der Waals surface area contributed by atoms with E-state index >= 15 is 0 Å². The Bertz CT molecular complexity index is 853. The second-order valence-corrected chi connectivity index (χ2v) is 5.78. The fourth-order valence-corrected chi connectivity index (χ4v) is 2.69. The highest BCUT2D eigenvalue weighted by molar-refractivity contribution is 6.34. The molecule has 0 aliphatic rings. The summed E-state index contributed by atoms with van der Waals surface area (Å²) in [6.07, 6.45) is 1.83. The van der Waals surface area contributed by atoms with Crippen LogP contribution in [0.25, 0.3) is 0 Å². The number of rotatable bonds is 5. The maximum Gasteiger partial charge on any atom is 0.276 e. The molecule has 0 bridgehead atoms. The van der Waals surface area contributed by atoms with Crippen molar-refractivity contribution in [2.24, 2.45) is 0 Å². The molecule has 0 spiro atoms. The maximum atomic E-state index is 12.5. The van der Waals surface area contributed by atoms with Crippen molar-refractivity contribution in [1.82, 2.24) is 19.6 Å². The largest absolute Gasteiger partial charge is 0.304 e. The first-order valence-electron chi connectivity index (χ1n) is 7.70. The smallest absolute Gasteiger partial charge is 0.276 e. The van der Waals surface area contributed by atoms with Crippen LogP contribution in [-0.2, 0) is 13.1 Å². The lowest BCUT2D eigenvalue weighted by atomic mass is 10.2. The summed E-state index contributed by atoms with van der Waals surface area (Å²) in [4.78, 5) is 12.5. The minimum Gasteiger partial charge on any atom is -0.304 e. The van der Waals surface area contributed by atoms with Gasteiger partial charge in [-0.05, 0) is 19.4 Å². The highest BCUT2D eigenvalue weighted by Crippen LogP contribution is 2.21. The normalized spacial score (nSPS) is 10.8. The van der Waals surface area contributed by atoms with Gasteiger partial charge in [-0.15, -0.1) is 0 Å². The molecular weight excluding hydrogens is 326 g/mol. The predicted molar refractivity (Wildman–Crippen MR) is 93.4 cm³/mol. The number of carbonyl (C=O) groups excluding carboxylic acids is 1. The quantitative estimate of drug-likeness (QED) is 0.772. The molecule has 124 valence electrons. The molecule has 1 amide bonds. The molecule has 1 N–H and O–H groups in total. The molecule has 2 heterocycles. The van der Waals surface area contributed by atoms with E-state index in [0.717, 1.165) is 5.56 Å². The third-order valence-electron chi connectivity index (χ3n) is 3.64. The molecule has 24 heavy (non-hydrogen) atoms. The van der Waals surface area contributed by atoms with E-state index in [1.54, 1.807) is 22.4 Å². The number of carbonyl (C=O) groups is 1. The van der Waals surface area contributed by atoms with E-state index in [4.69, 9.17) is 11.6 Å². The monoisotopic (exact) mass is 343 g/mol. The summed E-state index contributed by atoms with van der Waals surface area (Å²) in [5.74, 6) is 0.168. The molecule has 0 saturated carbocycles. The standard InChI is InChI=1S/C17H18ClN5O/c1-3-23-16(15(18)12(2)20-23)17(24)19-14-9-10-22(21-14)11-13-7-5-4-6-8-13/h4-10H,3,11H2,1-2H3,(H,19,21,24). The number of nitrogens with zero attached hydrogens (tertiary/aromatic N) is 4. The van der Waals surface area contributed by atoms with Crippen molar-refractivity contribution in [1.29, 1.82) is 0 Å². The minimum atomic E-state index is -0.313. The van der Waals surface area contributed by atoms with Crippen LogP contribution in [0.3, 0.4) is 0 Å². The van der Waals surface area contributed by atoms with Gasteiger partial charge < -0.3 is 5.32 Å². The second-order valence-electron chi connectivity index (χ2n) is 5.40. The SMILES string of the molecule is CCn1nc(C)c(Cl)c1C(=O)Nc1ccn(Cc2ccccc2)n1. The van der Waals surface area contributed by atoms with Crippen LogP contribution in [0, 0.1) is 6.92 Å². The lowest BCUT2D eigenvalue weighted by Gasteiger charge is -2.05. The van der Waals surface area contributed by atoms with Crippen molar-refractivity contribution in [3.8, 4) is 0 Å². The third-order valence-corrected chi connectivity index (χ3v) is 4.09. The average Bonchev–Trinajstić information content (AvgIpc) is 3.13. The number of halogens is 1. The number of benzene rings is 1. The zero-order valence-electron chi connectivity index (χ0n) is 13.5. The van der Waals surface area contributed by atoms with Crippen LogP contribution in [0.5, 0.6) is 0 Å². The number of amides is 1. The van der Waals surface area contributed by atoms with Gasteiger partial charge in [0, 0.05) is 18.8 Å². The Kier molecular flexibility index (Phi) is 4.66.